The molecule has 5 heteroatoms. The van der Waals surface area contributed by atoms with E-state index in [1.165, 1.54) is 0 Å². The van der Waals surface area contributed by atoms with Gasteiger partial charge in [0.05, 0.1) is 17.8 Å². The van der Waals surface area contributed by atoms with Crippen molar-refractivity contribution in [2.24, 2.45) is 0 Å². The van der Waals surface area contributed by atoms with E-state index in [2.05, 4.69) is 39.6 Å². The van der Waals surface area contributed by atoms with Gasteiger partial charge >= 0.3 is 7.12 Å². The standard InChI is InChI=1S/C15H24BNO3/c1-7-10-18-13-9-8-12(11(2)17-13)16-19-14(3,4)15(5,6)20-16/h8-9H,7,10H2,1-6H3. The Kier molecular flexibility index (Phi) is 4.12. The number of pyridine rings is 1. The number of rotatable bonds is 4. The topological polar surface area (TPSA) is 40.6 Å². The second-order valence-electron chi connectivity index (χ2n) is 6.26. The lowest BCUT2D eigenvalue weighted by molar-refractivity contribution is 0.00578. The van der Waals surface area contributed by atoms with E-state index in [0.29, 0.717) is 12.5 Å². The second-order valence-corrected chi connectivity index (χ2v) is 6.26. The van der Waals surface area contributed by atoms with Gasteiger partial charge in [0.1, 0.15) is 0 Å². The van der Waals surface area contributed by atoms with Crippen LogP contribution >= 0.6 is 0 Å². The quantitative estimate of drug-likeness (QED) is 0.793. The van der Waals surface area contributed by atoms with Crippen LogP contribution in [0.2, 0.25) is 0 Å². The van der Waals surface area contributed by atoms with Crippen molar-refractivity contribution in [1.29, 1.82) is 0 Å². The predicted molar refractivity (Wildman–Crippen MR) is 80.5 cm³/mol. The zero-order chi connectivity index (χ0) is 15.0. The monoisotopic (exact) mass is 277 g/mol. The third-order valence-electron chi connectivity index (χ3n) is 4.06. The molecular weight excluding hydrogens is 253 g/mol. The summed E-state index contributed by atoms with van der Waals surface area (Å²) in [4.78, 5) is 4.47. The lowest BCUT2D eigenvalue weighted by Gasteiger charge is -2.32. The largest absolute Gasteiger partial charge is 0.496 e. The molecule has 0 atom stereocenters. The minimum Gasteiger partial charge on any atom is -0.478 e. The molecule has 1 saturated heterocycles. The summed E-state index contributed by atoms with van der Waals surface area (Å²) in [5.41, 5.74) is 1.19. The molecule has 0 aromatic carbocycles. The van der Waals surface area contributed by atoms with Crippen LogP contribution in [0.15, 0.2) is 12.1 Å². The average molecular weight is 277 g/mol. The molecule has 1 aromatic heterocycles. The molecule has 0 spiro atoms. The van der Waals surface area contributed by atoms with Crippen molar-refractivity contribution >= 4 is 12.6 Å². The van der Waals surface area contributed by atoms with Crippen LogP contribution in [-0.4, -0.2) is 29.9 Å². The highest BCUT2D eigenvalue weighted by molar-refractivity contribution is 6.62. The molecule has 1 aliphatic heterocycles. The molecule has 0 N–H and O–H groups in total. The summed E-state index contributed by atoms with van der Waals surface area (Å²) in [5.74, 6) is 0.657. The van der Waals surface area contributed by atoms with Crippen molar-refractivity contribution in [3.8, 4) is 5.88 Å². The zero-order valence-corrected chi connectivity index (χ0v) is 13.3. The molecule has 20 heavy (non-hydrogen) atoms. The first-order valence-electron chi connectivity index (χ1n) is 7.23. The van der Waals surface area contributed by atoms with Gasteiger partial charge in [0.2, 0.25) is 5.88 Å². The lowest BCUT2D eigenvalue weighted by Crippen LogP contribution is -2.41. The first-order chi connectivity index (χ1) is 9.27. The number of hydrogen-bond acceptors (Lipinski definition) is 4. The Bertz CT molecular complexity index is 472. The number of aryl methyl sites for hydroxylation is 1. The van der Waals surface area contributed by atoms with Gasteiger partial charge in [-0.1, -0.05) is 13.0 Å². The van der Waals surface area contributed by atoms with E-state index in [9.17, 15) is 0 Å². The van der Waals surface area contributed by atoms with Crippen molar-refractivity contribution < 1.29 is 14.0 Å². The van der Waals surface area contributed by atoms with Crippen LogP contribution in [0.1, 0.15) is 46.7 Å². The smallest absolute Gasteiger partial charge is 0.478 e. The van der Waals surface area contributed by atoms with Gasteiger partial charge in [-0.15, -0.1) is 0 Å². The first-order valence-corrected chi connectivity index (χ1v) is 7.23. The SMILES string of the molecule is CCCOc1ccc(B2OC(C)(C)C(C)(C)O2)c(C)n1. The first kappa shape index (κ1) is 15.3. The highest BCUT2D eigenvalue weighted by Crippen LogP contribution is 2.36. The van der Waals surface area contributed by atoms with Crippen LogP contribution in [0.3, 0.4) is 0 Å². The third-order valence-corrected chi connectivity index (χ3v) is 4.06. The van der Waals surface area contributed by atoms with Gasteiger partial charge in [0, 0.05) is 11.2 Å². The predicted octanol–water partition coefficient (Wildman–Crippen LogP) is 2.48. The van der Waals surface area contributed by atoms with Gasteiger partial charge in [-0.2, -0.15) is 0 Å². The number of ether oxygens (including phenoxy) is 1. The van der Waals surface area contributed by atoms with E-state index >= 15 is 0 Å². The summed E-state index contributed by atoms with van der Waals surface area (Å²) >= 11 is 0. The second kappa shape index (κ2) is 5.37. The fraction of sp³-hybridized carbons (Fsp3) is 0.667. The van der Waals surface area contributed by atoms with Gasteiger partial charge < -0.3 is 14.0 Å². The maximum Gasteiger partial charge on any atom is 0.496 e. The van der Waals surface area contributed by atoms with E-state index in [1.54, 1.807) is 0 Å². The van der Waals surface area contributed by atoms with Crippen LogP contribution in [-0.2, 0) is 9.31 Å². The molecule has 0 saturated carbocycles. The molecule has 0 bridgehead atoms. The van der Waals surface area contributed by atoms with Crippen LogP contribution in [0, 0.1) is 6.92 Å². The molecule has 0 radical (unpaired) electrons. The fourth-order valence-electron chi connectivity index (χ4n) is 2.05. The Labute approximate surface area is 122 Å². The molecule has 0 amide bonds. The number of nitrogens with zero attached hydrogens (tertiary/aromatic N) is 1. The van der Waals surface area contributed by atoms with Crippen LogP contribution in [0.25, 0.3) is 0 Å². The lowest BCUT2D eigenvalue weighted by atomic mass is 9.78. The summed E-state index contributed by atoms with van der Waals surface area (Å²) in [6, 6.07) is 3.86. The van der Waals surface area contributed by atoms with Crippen molar-refractivity contribution in [2.45, 2.75) is 59.2 Å². The molecule has 2 heterocycles. The molecule has 1 aromatic rings. The summed E-state index contributed by atoms with van der Waals surface area (Å²) in [7, 11) is -0.368. The Morgan fingerprint density at radius 1 is 1.15 bits per heavy atom. The number of hydrogen-bond donors (Lipinski definition) is 0. The van der Waals surface area contributed by atoms with Gasteiger partial charge in [-0.05, 0) is 47.1 Å². The Hall–Kier alpha value is -1.07. The summed E-state index contributed by atoms with van der Waals surface area (Å²) < 4.78 is 17.6. The van der Waals surface area contributed by atoms with E-state index in [-0.39, 0.29) is 18.3 Å². The maximum absolute atomic E-state index is 6.05. The summed E-state index contributed by atoms with van der Waals surface area (Å²) in [5, 5.41) is 0. The third kappa shape index (κ3) is 2.84. The van der Waals surface area contributed by atoms with Crippen molar-refractivity contribution in [3.63, 3.8) is 0 Å². The highest BCUT2D eigenvalue weighted by atomic mass is 16.7. The molecular formula is C15H24BNO3. The molecule has 2 rings (SSSR count). The normalized spacial score (nSPS) is 20.2. The van der Waals surface area contributed by atoms with Gasteiger partial charge in [0.15, 0.2) is 0 Å². The molecule has 1 fully saturated rings. The average Bonchev–Trinajstić information content (AvgIpc) is 2.55. The van der Waals surface area contributed by atoms with E-state index in [4.69, 9.17) is 14.0 Å². The molecule has 1 aliphatic rings. The van der Waals surface area contributed by atoms with E-state index in [0.717, 1.165) is 17.6 Å². The fourth-order valence-corrected chi connectivity index (χ4v) is 2.05. The Morgan fingerprint density at radius 2 is 1.75 bits per heavy atom. The number of aromatic nitrogens is 1. The van der Waals surface area contributed by atoms with Crippen molar-refractivity contribution in [3.05, 3.63) is 17.8 Å². The van der Waals surface area contributed by atoms with Crippen LogP contribution < -0.4 is 10.2 Å². The van der Waals surface area contributed by atoms with Gasteiger partial charge in [-0.3, -0.25) is 0 Å². The van der Waals surface area contributed by atoms with E-state index < -0.39 is 0 Å². The van der Waals surface area contributed by atoms with Gasteiger partial charge in [-0.25, -0.2) is 4.98 Å². The maximum atomic E-state index is 6.05. The Morgan fingerprint density at radius 3 is 2.25 bits per heavy atom. The molecule has 0 unspecified atom stereocenters. The van der Waals surface area contributed by atoms with Crippen LogP contribution in [0.5, 0.6) is 5.88 Å². The van der Waals surface area contributed by atoms with Crippen molar-refractivity contribution in [1.82, 2.24) is 4.98 Å². The zero-order valence-electron chi connectivity index (χ0n) is 13.3. The summed E-state index contributed by atoms with van der Waals surface area (Å²) in [6.45, 7) is 12.9. The molecule has 110 valence electrons. The van der Waals surface area contributed by atoms with Crippen molar-refractivity contribution in [2.75, 3.05) is 6.61 Å². The minimum absolute atomic E-state index is 0.332. The Balaban J connectivity index is 2.19. The molecule has 4 nitrogen and oxygen atoms in total. The summed E-state index contributed by atoms with van der Waals surface area (Å²) in [6.07, 6.45) is 0.972. The van der Waals surface area contributed by atoms with Gasteiger partial charge in [0.25, 0.3) is 0 Å². The highest BCUT2D eigenvalue weighted by Gasteiger charge is 2.52. The van der Waals surface area contributed by atoms with Crippen LogP contribution in [0.4, 0.5) is 0 Å². The molecule has 0 aliphatic carbocycles. The minimum atomic E-state index is -0.368. The van der Waals surface area contributed by atoms with E-state index in [1.807, 2.05) is 19.1 Å².